The molecule has 0 aliphatic carbocycles. The molecule has 0 bridgehead atoms. The minimum Gasteiger partial charge on any atom is -0.405 e. The summed E-state index contributed by atoms with van der Waals surface area (Å²) in [7, 11) is -6.33. The normalized spacial score (nSPS) is 12.5. The Morgan fingerprint density at radius 2 is 1.03 bits per heavy atom. The molecule has 0 aliphatic rings. The second-order valence-corrected chi connectivity index (χ2v) is 15.2. The smallest absolute Gasteiger partial charge is 0.297 e. The molecular formula is C28H36O6SSi. The number of rotatable bonds is 14. The molecule has 3 aromatic rings. The molecule has 0 radical (unpaired) electrons. The number of hydrogen-bond donors (Lipinski definition) is 0. The minimum atomic E-state index is -3.76. The van der Waals surface area contributed by atoms with E-state index in [1.165, 1.54) is 22.5 Å². The highest BCUT2D eigenvalue weighted by atomic mass is 32.2. The summed E-state index contributed by atoms with van der Waals surface area (Å²) in [5.74, 6) is 0. The zero-order valence-electron chi connectivity index (χ0n) is 21.3. The second kappa shape index (κ2) is 13.3. The van der Waals surface area contributed by atoms with E-state index >= 15 is 0 Å². The Labute approximate surface area is 216 Å². The van der Waals surface area contributed by atoms with Gasteiger partial charge in [0.15, 0.2) is 0 Å². The first-order chi connectivity index (χ1) is 17.3. The van der Waals surface area contributed by atoms with Gasteiger partial charge in [0.2, 0.25) is 0 Å². The molecule has 8 heteroatoms. The average Bonchev–Trinajstić information content (AvgIpc) is 2.88. The van der Waals surface area contributed by atoms with E-state index in [2.05, 4.69) is 69.3 Å². The van der Waals surface area contributed by atoms with Crippen molar-refractivity contribution in [2.75, 3.05) is 39.6 Å². The van der Waals surface area contributed by atoms with E-state index < -0.39 is 18.4 Å². The van der Waals surface area contributed by atoms with Crippen LogP contribution in [0.3, 0.4) is 0 Å². The van der Waals surface area contributed by atoms with E-state index in [9.17, 15) is 8.42 Å². The molecule has 0 atom stereocenters. The molecule has 36 heavy (non-hydrogen) atoms. The highest BCUT2D eigenvalue weighted by molar-refractivity contribution is 7.86. The van der Waals surface area contributed by atoms with Gasteiger partial charge in [0.25, 0.3) is 18.4 Å². The van der Waals surface area contributed by atoms with Crippen molar-refractivity contribution in [1.29, 1.82) is 0 Å². The fourth-order valence-electron chi connectivity index (χ4n) is 4.20. The standard InChI is InChI=1S/C28H36O6SSi/c1-28(2,3)36(26-15-9-5-10-16-26,27-17-11-6-12-18-27)34-24-22-32-20-19-31-21-23-33-35(29,30)25-13-7-4-8-14-25/h4-18H,19-24H2,1-3H3. The van der Waals surface area contributed by atoms with Gasteiger partial charge in [0.1, 0.15) is 0 Å². The maximum atomic E-state index is 12.1. The Kier molecular flexibility index (Phi) is 10.4. The van der Waals surface area contributed by atoms with Crippen molar-refractivity contribution in [2.24, 2.45) is 0 Å². The summed E-state index contributed by atoms with van der Waals surface area (Å²) in [4.78, 5) is 0.134. The van der Waals surface area contributed by atoms with Crippen molar-refractivity contribution in [3.05, 3.63) is 91.0 Å². The van der Waals surface area contributed by atoms with Crippen LogP contribution in [0, 0.1) is 0 Å². The second-order valence-electron chi connectivity index (χ2n) is 9.33. The predicted molar refractivity (Wildman–Crippen MR) is 145 cm³/mol. The molecule has 0 aliphatic heterocycles. The molecule has 6 nitrogen and oxygen atoms in total. The summed E-state index contributed by atoms with van der Waals surface area (Å²) >= 11 is 0. The van der Waals surface area contributed by atoms with E-state index in [0.717, 1.165) is 0 Å². The molecule has 0 saturated heterocycles. The van der Waals surface area contributed by atoms with Gasteiger partial charge in [-0.1, -0.05) is 99.6 Å². The molecule has 0 saturated carbocycles. The van der Waals surface area contributed by atoms with Crippen LogP contribution >= 0.6 is 0 Å². The Hall–Kier alpha value is -2.33. The summed E-state index contributed by atoms with van der Waals surface area (Å²) in [6.07, 6.45) is 0. The van der Waals surface area contributed by atoms with Crippen LogP contribution in [0.4, 0.5) is 0 Å². The molecule has 3 rings (SSSR count). The van der Waals surface area contributed by atoms with Crippen molar-refractivity contribution >= 4 is 28.8 Å². The van der Waals surface area contributed by atoms with Gasteiger partial charge in [-0.15, -0.1) is 0 Å². The lowest BCUT2D eigenvalue weighted by Gasteiger charge is -2.43. The first-order valence-electron chi connectivity index (χ1n) is 12.1. The highest BCUT2D eigenvalue weighted by Crippen LogP contribution is 2.36. The van der Waals surface area contributed by atoms with Crippen LogP contribution in [-0.2, 0) is 28.2 Å². The zero-order chi connectivity index (χ0) is 25.9. The van der Waals surface area contributed by atoms with Gasteiger partial charge in [-0.05, 0) is 27.5 Å². The molecule has 3 aromatic carbocycles. The van der Waals surface area contributed by atoms with E-state index in [0.29, 0.717) is 26.4 Å². The Morgan fingerprint density at radius 1 is 0.611 bits per heavy atom. The van der Waals surface area contributed by atoms with Crippen LogP contribution in [0.15, 0.2) is 95.9 Å². The average molecular weight is 529 g/mol. The monoisotopic (exact) mass is 528 g/mol. The minimum absolute atomic E-state index is 0.0474. The van der Waals surface area contributed by atoms with E-state index in [4.69, 9.17) is 18.1 Å². The largest absolute Gasteiger partial charge is 0.405 e. The van der Waals surface area contributed by atoms with Gasteiger partial charge in [0.05, 0.1) is 44.5 Å². The van der Waals surface area contributed by atoms with Crippen LogP contribution in [0.5, 0.6) is 0 Å². The summed E-state index contributed by atoms with van der Waals surface area (Å²) in [6, 6.07) is 29.0. The number of benzene rings is 3. The zero-order valence-corrected chi connectivity index (χ0v) is 23.1. The molecule has 0 heterocycles. The van der Waals surface area contributed by atoms with Crippen molar-refractivity contribution in [2.45, 2.75) is 30.7 Å². The molecule has 0 unspecified atom stereocenters. The molecule has 0 aromatic heterocycles. The number of ether oxygens (including phenoxy) is 2. The summed E-state index contributed by atoms with van der Waals surface area (Å²) in [5.41, 5.74) is 0. The van der Waals surface area contributed by atoms with Gasteiger partial charge in [-0.25, -0.2) is 0 Å². The predicted octanol–water partition coefficient (Wildman–Crippen LogP) is 4.00. The van der Waals surface area contributed by atoms with Crippen molar-refractivity contribution < 1.29 is 26.5 Å². The molecule has 0 N–H and O–H groups in total. The highest BCUT2D eigenvalue weighted by Gasteiger charge is 2.49. The lowest BCUT2D eigenvalue weighted by atomic mass is 10.2. The van der Waals surface area contributed by atoms with Gasteiger partial charge < -0.3 is 13.9 Å². The van der Waals surface area contributed by atoms with Crippen LogP contribution in [0.25, 0.3) is 0 Å². The third-order valence-electron chi connectivity index (χ3n) is 5.83. The van der Waals surface area contributed by atoms with Crippen LogP contribution in [0.2, 0.25) is 5.04 Å². The van der Waals surface area contributed by atoms with Crippen LogP contribution in [0.1, 0.15) is 20.8 Å². The lowest BCUT2D eigenvalue weighted by molar-refractivity contribution is 0.0270. The molecule has 0 spiro atoms. The first kappa shape index (κ1) is 28.2. The van der Waals surface area contributed by atoms with E-state index in [-0.39, 0.29) is 23.1 Å². The van der Waals surface area contributed by atoms with Crippen LogP contribution < -0.4 is 10.4 Å². The molecule has 0 amide bonds. The summed E-state index contributed by atoms with van der Waals surface area (Å²) in [5, 5.41) is 2.38. The van der Waals surface area contributed by atoms with Crippen LogP contribution in [-0.4, -0.2) is 56.4 Å². The third kappa shape index (κ3) is 7.35. The Balaban J connectivity index is 1.45. The summed E-state index contributed by atoms with van der Waals surface area (Å²) < 4.78 is 47.1. The topological polar surface area (TPSA) is 71.1 Å². The first-order valence-corrected chi connectivity index (χ1v) is 15.4. The molecule has 194 valence electrons. The quantitative estimate of drug-likeness (QED) is 0.179. The fraction of sp³-hybridized carbons (Fsp3) is 0.357. The molecular weight excluding hydrogens is 492 g/mol. The van der Waals surface area contributed by atoms with Gasteiger partial charge in [-0.2, -0.15) is 8.42 Å². The van der Waals surface area contributed by atoms with Crippen molar-refractivity contribution in [3.8, 4) is 0 Å². The maximum absolute atomic E-state index is 12.1. The fourth-order valence-corrected chi connectivity index (χ4v) is 9.65. The Bertz CT molecular complexity index is 1090. The molecule has 0 fully saturated rings. The van der Waals surface area contributed by atoms with Crippen molar-refractivity contribution in [3.63, 3.8) is 0 Å². The van der Waals surface area contributed by atoms with Gasteiger partial charge in [-0.3, -0.25) is 4.18 Å². The summed E-state index contributed by atoms with van der Waals surface area (Å²) in [6.45, 7) is 8.47. The maximum Gasteiger partial charge on any atom is 0.297 e. The van der Waals surface area contributed by atoms with E-state index in [1.807, 2.05) is 12.1 Å². The number of hydrogen-bond acceptors (Lipinski definition) is 6. The lowest BCUT2D eigenvalue weighted by Crippen LogP contribution is -2.66. The van der Waals surface area contributed by atoms with E-state index in [1.54, 1.807) is 18.2 Å². The SMILES string of the molecule is CC(C)(C)[Si](OCCOCCOCCOS(=O)(=O)c1ccccc1)(c1ccccc1)c1ccccc1. The van der Waals surface area contributed by atoms with Gasteiger partial charge >= 0.3 is 0 Å². The van der Waals surface area contributed by atoms with Gasteiger partial charge in [0, 0.05) is 0 Å². The third-order valence-corrected chi connectivity index (χ3v) is 12.2. The van der Waals surface area contributed by atoms with Crippen molar-refractivity contribution in [1.82, 2.24) is 0 Å². The Morgan fingerprint density at radius 3 is 1.50 bits per heavy atom.